The summed E-state index contributed by atoms with van der Waals surface area (Å²) in [6.07, 6.45) is 3.31. The van der Waals surface area contributed by atoms with Crippen LogP contribution in [0.5, 0.6) is 5.75 Å². The molecule has 1 aromatic carbocycles. The Hall–Kier alpha value is -3.02. The molecule has 0 saturated heterocycles. The van der Waals surface area contributed by atoms with Crippen molar-refractivity contribution < 1.29 is 9.53 Å². The summed E-state index contributed by atoms with van der Waals surface area (Å²) in [6.45, 7) is 1.34. The van der Waals surface area contributed by atoms with Gasteiger partial charge in [-0.05, 0) is 24.3 Å². The van der Waals surface area contributed by atoms with E-state index in [9.17, 15) is 4.79 Å². The van der Waals surface area contributed by atoms with Crippen molar-refractivity contribution in [1.29, 1.82) is 0 Å². The van der Waals surface area contributed by atoms with E-state index in [1.165, 1.54) is 6.92 Å². The number of carbonyl (C=O) groups excluding carboxylic acids is 1. The summed E-state index contributed by atoms with van der Waals surface area (Å²) >= 11 is 0. The summed E-state index contributed by atoms with van der Waals surface area (Å²) in [5.74, 6) is 0.711. The van der Waals surface area contributed by atoms with E-state index >= 15 is 0 Å². The number of benzene rings is 1. The van der Waals surface area contributed by atoms with Gasteiger partial charge in [0.05, 0.1) is 0 Å². The maximum Gasteiger partial charge on any atom is 0.308 e. The second-order valence-electron chi connectivity index (χ2n) is 4.42. The van der Waals surface area contributed by atoms with Gasteiger partial charge >= 0.3 is 5.97 Å². The van der Waals surface area contributed by atoms with Gasteiger partial charge in [-0.25, -0.2) is 9.97 Å². The van der Waals surface area contributed by atoms with Gasteiger partial charge in [-0.1, -0.05) is 6.07 Å². The van der Waals surface area contributed by atoms with E-state index < -0.39 is 5.97 Å². The van der Waals surface area contributed by atoms with Crippen molar-refractivity contribution in [2.45, 2.75) is 6.92 Å². The second kappa shape index (κ2) is 5.16. The molecule has 2 aromatic heterocycles. The predicted octanol–water partition coefficient (Wildman–Crippen LogP) is 2.20. The molecule has 2 N–H and O–H groups in total. The number of nitrogens with zero attached hydrogens (tertiary/aromatic N) is 3. The average molecular weight is 280 g/mol. The summed E-state index contributed by atoms with van der Waals surface area (Å²) in [7, 11) is 0. The number of pyridine rings is 1. The minimum atomic E-state index is -0.414. The van der Waals surface area contributed by atoms with Crippen LogP contribution in [-0.2, 0) is 4.79 Å². The first kappa shape index (κ1) is 13.0. The number of esters is 1. The largest absolute Gasteiger partial charge is 0.424 e. The van der Waals surface area contributed by atoms with Crippen LogP contribution in [0.25, 0.3) is 22.3 Å². The number of fused-ring (bicyclic) bond motifs is 1. The van der Waals surface area contributed by atoms with Gasteiger partial charge in [0.25, 0.3) is 0 Å². The number of nitrogen functional groups attached to an aromatic ring is 1. The lowest BCUT2D eigenvalue weighted by molar-refractivity contribution is -0.131. The van der Waals surface area contributed by atoms with Crippen LogP contribution in [0.15, 0.2) is 42.7 Å². The molecule has 0 aliphatic carbocycles. The van der Waals surface area contributed by atoms with Gasteiger partial charge in [0.2, 0.25) is 0 Å². The van der Waals surface area contributed by atoms with E-state index in [1.807, 2.05) is 6.07 Å². The fourth-order valence-electron chi connectivity index (χ4n) is 2.01. The highest BCUT2D eigenvalue weighted by Gasteiger charge is 2.12. The molecular weight excluding hydrogens is 268 g/mol. The zero-order chi connectivity index (χ0) is 14.8. The van der Waals surface area contributed by atoms with Crippen LogP contribution in [-0.4, -0.2) is 20.9 Å². The smallest absolute Gasteiger partial charge is 0.308 e. The van der Waals surface area contributed by atoms with Crippen LogP contribution in [0, 0.1) is 0 Å². The van der Waals surface area contributed by atoms with E-state index in [0.29, 0.717) is 28.3 Å². The van der Waals surface area contributed by atoms with Crippen molar-refractivity contribution >= 4 is 22.7 Å². The molecule has 0 amide bonds. The summed E-state index contributed by atoms with van der Waals surface area (Å²) in [5, 5.41) is 0.640. The molecule has 0 radical (unpaired) electrons. The third-order valence-corrected chi connectivity index (χ3v) is 2.89. The van der Waals surface area contributed by atoms with Crippen LogP contribution >= 0.6 is 0 Å². The Morgan fingerprint density at radius 1 is 1.19 bits per heavy atom. The summed E-state index contributed by atoms with van der Waals surface area (Å²) in [6, 6.07) is 8.82. The van der Waals surface area contributed by atoms with Gasteiger partial charge in [-0.3, -0.25) is 9.78 Å². The van der Waals surface area contributed by atoms with Crippen LogP contribution < -0.4 is 10.5 Å². The van der Waals surface area contributed by atoms with Gasteiger partial charge in [0, 0.05) is 30.3 Å². The maximum atomic E-state index is 11.2. The number of rotatable bonds is 2. The lowest BCUT2D eigenvalue weighted by Crippen LogP contribution is -2.04. The topological polar surface area (TPSA) is 91.0 Å². The van der Waals surface area contributed by atoms with E-state index in [1.54, 1.807) is 36.7 Å². The first-order chi connectivity index (χ1) is 10.1. The fourth-order valence-corrected chi connectivity index (χ4v) is 2.01. The van der Waals surface area contributed by atoms with Gasteiger partial charge in [0.1, 0.15) is 11.3 Å². The first-order valence-electron chi connectivity index (χ1n) is 6.30. The maximum absolute atomic E-state index is 11.2. The van der Waals surface area contributed by atoms with Gasteiger partial charge in [-0.15, -0.1) is 0 Å². The first-order valence-corrected chi connectivity index (χ1v) is 6.30. The molecule has 0 saturated carbocycles. The van der Waals surface area contributed by atoms with Crippen LogP contribution in [0.4, 0.5) is 5.82 Å². The number of hydrogen-bond donors (Lipinski definition) is 1. The third-order valence-electron chi connectivity index (χ3n) is 2.89. The highest BCUT2D eigenvalue weighted by Crippen LogP contribution is 2.29. The minimum absolute atomic E-state index is 0.327. The Labute approximate surface area is 120 Å². The molecule has 3 aromatic rings. The normalized spacial score (nSPS) is 10.5. The Morgan fingerprint density at radius 3 is 2.76 bits per heavy atom. The van der Waals surface area contributed by atoms with E-state index in [0.717, 1.165) is 5.56 Å². The van der Waals surface area contributed by atoms with Gasteiger partial charge < -0.3 is 10.5 Å². The van der Waals surface area contributed by atoms with Crippen LogP contribution in [0.3, 0.4) is 0 Å². The number of anilines is 1. The van der Waals surface area contributed by atoms with Crippen molar-refractivity contribution in [3.63, 3.8) is 0 Å². The molecule has 3 rings (SSSR count). The fraction of sp³-hybridized carbons (Fsp3) is 0.0667. The second-order valence-corrected chi connectivity index (χ2v) is 4.42. The molecular formula is C15H12N4O2. The number of aromatic nitrogens is 3. The predicted molar refractivity (Wildman–Crippen MR) is 78.5 cm³/mol. The zero-order valence-electron chi connectivity index (χ0n) is 11.3. The lowest BCUT2D eigenvalue weighted by Gasteiger charge is -2.09. The Morgan fingerprint density at radius 2 is 2.05 bits per heavy atom. The van der Waals surface area contributed by atoms with Crippen molar-refractivity contribution in [2.24, 2.45) is 0 Å². The third kappa shape index (κ3) is 2.51. The van der Waals surface area contributed by atoms with Crippen LogP contribution in [0.2, 0.25) is 0 Å². The standard InChI is InChI=1S/C15H12N4O2/c1-9(20)21-12-6-2-5-11-13(12)18-15(19-14(11)16)10-4-3-7-17-8-10/h2-8H,1H3,(H2,16,18,19). The minimum Gasteiger partial charge on any atom is -0.424 e. The molecule has 0 aliphatic rings. The van der Waals surface area contributed by atoms with E-state index in [2.05, 4.69) is 15.0 Å². The molecule has 0 spiro atoms. The molecule has 0 unspecified atom stereocenters. The summed E-state index contributed by atoms with van der Waals surface area (Å²) in [5.41, 5.74) is 7.22. The van der Waals surface area contributed by atoms with Crippen molar-refractivity contribution in [2.75, 3.05) is 5.73 Å². The molecule has 0 fully saturated rings. The zero-order valence-corrected chi connectivity index (χ0v) is 11.3. The van der Waals surface area contributed by atoms with Crippen molar-refractivity contribution in [3.05, 3.63) is 42.7 Å². The van der Waals surface area contributed by atoms with E-state index in [4.69, 9.17) is 10.5 Å². The summed E-state index contributed by atoms with van der Waals surface area (Å²) in [4.78, 5) is 24.0. The van der Waals surface area contributed by atoms with Crippen molar-refractivity contribution in [1.82, 2.24) is 15.0 Å². The molecule has 2 heterocycles. The summed E-state index contributed by atoms with van der Waals surface area (Å²) < 4.78 is 5.17. The van der Waals surface area contributed by atoms with Crippen molar-refractivity contribution in [3.8, 4) is 17.1 Å². The number of carbonyl (C=O) groups is 1. The molecule has 0 bridgehead atoms. The molecule has 0 aliphatic heterocycles. The number of ether oxygens (including phenoxy) is 1. The molecule has 104 valence electrons. The highest BCUT2D eigenvalue weighted by molar-refractivity contribution is 5.94. The molecule has 21 heavy (non-hydrogen) atoms. The Bertz CT molecular complexity index is 819. The van der Waals surface area contributed by atoms with Gasteiger partial charge in [-0.2, -0.15) is 0 Å². The quantitative estimate of drug-likeness (QED) is 0.571. The molecule has 0 atom stereocenters. The number of nitrogens with two attached hydrogens (primary N) is 1. The molecule has 6 nitrogen and oxygen atoms in total. The number of para-hydroxylation sites is 1. The highest BCUT2D eigenvalue weighted by atomic mass is 16.5. The Kier molecular flexibility index (Phi) is 3.19. The average Bonchev–Trinajstić information content (AvgIpc) is 2.48. The molecule has 6 heteroatoms. The number of hydrogen-bond acceptors (Lipinski definition) is 6. The van der Waals surface area contributed by atoms with E-state index in [-0.39, 0.29) is 0 Å². The van der Waals surface area contributed by atoms with Crippen LogP contribution in [0.1, 0.15) is 6.92 Å². The lowest BCUT2D eigenvalue weighted by atomic mass is 10.2. The Balaban J connectivity index is 2.24. The SMILES string of the molecule is CC(=O)Oc1cccc2c(N)nc(-c3cccnc3)nc12. The van der Waals surface area contributed by atoms with Gasteiger partial charge in [0.15, 0.2) is 11.6 Å². The monoisotopic (exact) mass is 280 g/mol.